The van der Waals surface area contributed by atoms with Gasteiger partial charge in [0.25, 0.3) is 0 Å². The second-order valence-electron chi connectivity index (χ2n) is 9.04. The van der Waals surface area contributed by atoms with Crippen molar-refractivity contribution in [3.63, 3.8) is 0 Å². The molecule has 33 heavy (non-hydrogen) atoms. The van der Waals surface area contributed by atoms with E-state index < -0.39 is 5.60 Å². The molecule has 1 heterocycles. The van der Waals surface area contributed by atoms with Gasteiger partial charge in [0, 0.05) is 25.4 Å². The molecule has 1 aliphatic carbocycles. The predicted octanol–water partition coefficient (Wildman–Crippen LogP) is 5.01. The van der Waals surface area contributed by atoms with E-state index in [2.05, 4.69) is 24.3 Å². The lowest BCUT2D eigenvalue weighted by Gasteiger charge is -2.38. The number of hydrogen-bond donors (Lipinski definition) is 1. The van der Waals surface area contributed by atoms with Crippen molar-refractivity contribution in [2.75, 3.05) is 26.8 Å². The van der Waals surface area contributed by atoms with Crippen LogP contribution in [-0.4, -0.2) is 48.5 Å². The van der Waals surface area contributed by atoms with Crippen LogP contribution in [0.1, 0.15) is 35.4 Å². The Balaban J connectivity index is 1.19. The minimum absolute atomic E-state index is 0.0520. The summed E-state index contributed by atoms with van der Waals surface area (Å²) >= 11 is 0. The van der Waals surface area contributed by atoms with Crippen LogP contribution in [0.25, 0.3) is 11.1 Å². The number of carbonyl (C=O) groups is 1. The number of rotatable bonds is 5. The lowest BCUT2D eigenvalue weighted by molar-refractivity contribution is -0.0200. The van der Waals surface area contributed by atoms with E-state index in [0.29, 0.717) is 39.0 Å². The normalized spacial score (nSPS) is 16.7. The van der Waals surface area contributed by atoms with Gasteiger partial charge in [0.2, 0.25) is 0 Å². The topological polar surface area (TPSA) is 59.0 Å². The molecule has 1 N–H and O–H groups in total. The first-order valence-electron chi connectivity index (χ1n) is 11.5. The van der Waals surface area contributed by atoms with Gasteiger partial charge >= 0.3 is 6.09 Å². The molecule has 0 spiro atoms. The molecule has 3 aromatic carbocycles. The fourth-order valence-corrected chi connectivity index (χ4v) is 5.13. The molecule has 0 atom stereocenters. The van der Waals surface area contributed by atoms with Gasteiger partial charge in [0.1, 0.15) is 12.4 Å². The van der Waals surface area contributed by atoms with Gasteiger partial charge in [0.05, 0.1) is 12.7 Å². The Morgan fingerprint density at radius 1 is 0.970 bits per heavy atom. The van der Waals surface area contributed by atoms with E-state index in [9.17, 15) is 9.90 Å². The third kappa shape index (κ3) is 4.33. The van der Waals surface area contributed by atoms with Crippen molar-refractivity contribution in [2.45, 2.75) is 30.8 Å². The Hall–Kier alpha value is -3.31. The van der Waals surface area contributed by atoms with E-state index in [4.69, 9.17) is 9.47 Å². The molecule has 170 valence electrons. The maximum atomic E-state index is 12.8. The van der Waals surface area contributed by atoms with Gasteiger partial charge in [-0.2, -0.15) is 0 Å². The Labute approximate surface area is 194 Å². The third-order valence-electron chi connectivity index (χ3n) is 6.96. The summed E-state index contributed by atoms with van der Waals surface area (Å²) in [7, 11) is 1.64. The average Bonchev–Trinajstić information content (AvgIpc) is 3.16. The second kappa shape index (κ2) is 8.91. The standard InChI is InChI=1S/C28H29NO4/c1-32-21-8-6-7-20(17-21)18-28(31)13-15-29(16-14-28)27(30)33-19-26-24-11-4-2-9-22(24)23-10-3-5-12-25(23)26/h2-12,17,26,31H,13-16,18-19H2,1H3. The molecular formula is C28H29NO4. The zero-order chi connectivity index (χ0) is 22.8. The van der Waals surface area contributed by atoms with Gasteiger partial charge in [-0.25, -0.2) is 4.79 Å². The van der Waals surface area contributed by atoms with Crippen molar-refractivity contribution >= 4 is 6.09 Å². The summed E-state index contributed by atoms with van der Waals surface area (Å²) in [6.07, 6.45) is 1.28. The first-order chi connectivity index (χ1) is 16.1. The van der Waals surface area contributed by atoms with E-state index >= 15 is 0 Å². The van der Waals surface area contributed by atoms with Crippen LogP contribution in [0.15, 0.2) is 72.8 Å². The number of hydrogen-bond acceptors (Lipinski definition) is 4. The largest absolute Gasteiger partial charge is 0.497 e. The SMILES string of the molecule is COc1cccc(CC2(O)CCN(C(=O)OCC3c4ccccc4-c4ccccc43)CC2)c1. The van der Waals surface area contributed by atoms with Gasteiger partial charge in [0.15, 0.2) is 0 Å². The first kappa shape index (κ1) is 21.5. The van der Waals surface area contributed by atoms with E-state index in [1.165, 1.54) is 22.3 Å². The fourth-order valence-electron chi connectivity index (χ4n) is 5.13. The molecule has 5 rings (SSSR count). The van der Waals surface area contributed by atoms with Crippen molar-refractivity contribution < 1.29 is 19.4 Å². The number of aliphatic hydroxyl groups is 1. The number of ether oxygens (including phenoxy) is 2. The van der Waals surface area contributed by atoms with Gasteiger partial charge in [-0.05, 0) is 52.8 Å². The van der Waals surface area contributed by atoms with Crippen LogP contribution >= 0.6 is 0 Å². The zero-order valence-electron chi connectivity index (χ0n) is 18.9. The van der Waals surface area contributed by atoms with E-state index in [1.807, 2.05) is 48.5 Å². The number of likely N-dealkylation sites (tertiary alicyclic amines) is 1. The number of nitrogens with zero attached hydrogens (tertiary/aromatic N) is 1. The summed E-state index contributed by atoms with van der Waals surface area (Å²) in [5.41, 5.74) is 5.05. The minimum Gasteiger partial charge on any atom is -0.497 e. The van der Waals surface area contributed by atoms with Crippen LogP contribution in [0.3, 0.4) is 0 Å². The molecule has 1 fully saturated rings. The maximum absolute atomic E-state index is 12.8. The summed E-state index contributed by atoms with van der Waals surface area (Å²) in [4.78, 5) is 14.6. The molecule has 0 bridgehead atoms. The van der Waals surface area contributed by atoms with Crippen molar-refractivity contribution in [1.29, 1.82) is 0 Å². The van der Waals surface area contributed by atoms with Crippen molar-refractivity contribution in [2.24, 2.45) is 0 Å². The molecule has 0 unspecified atom stereocenters. The fraction of sp³-hybridized carbons (Fsp3) is 0.321. The molecule has 0 radical (unpaired) electrons. The van der Waals surface area contributed by atoms with Crippen molar-refractivity contribution in [1.82, 2.24) is 4.90 Å². The van der Waals surface area contributed by atoms with Crippen LogP contribution in [-0.2, 0) is 11.2 Å². The summed E-state index contributed by atoms with van der Waals surface area (Å²) < 4.78 is 11.1. The maximum Gasteiger partial charge on any atom is 0.409 e. The van der Waals surface area contributed by atoms with Crippen LogP contribution < -0.4 is 4.74 Å². The van der Waals surface area contributed by atoms with Gasteiger partial charge < -0.3 is 19.5 Å². The van der Waals surface area contributed by atoms with Crippen LogP contribution in [0.5, 0.6) is 5.75 Å². The monoisotopic (exact) mass is 443 g/mol. The number of carbonyl (C=O) groups excluding carboxylic acids is 1. The highest BCUT2D eigenvalue weighted by Crippen LogP contribution is 2.44. The van der Waals surface area contributed by atoms with Crippen LogP contribution in [0, 0.1) is 0 Å². The molecular weight excluding hydrogens is 414 g/mol. The molecule has 5 heteroatoms. The Kier molecular flexibility index (Phi) is 5.81. The molecule has 1 saturated heterocycles. The van der Waals surface area contributed by atoms with Gasteiger partial charge in [-0.3, -0.25) is 0 Å². The number of methoxy groups -OCH3 is 1. The zero-order valence-corrected chi connectivity index (χ0v) is 18.9. The van der Waals surface area contributed by atoms with Gasteiger partial charge in [-0.15, -0.1) is 0 Å². The molecule has 2 aliphatic rings. The quantitative estimate of drug-likeness (QED) is 0.602. The van der Waals surface area contributed by atoms with Crippen LogP contribution in [0.4, 0.5) is 4.79 Å². The molecule has 1 aliphatic heterocycles. The predicted molar refractivity (Wildman–Crippen MR) is 128 cm³/mol. The lowest BCUT2D eigenvalue weighted by Crippen LogP contribution is -2.48. The summed E-state index contributed by atoms with van der Waals surface area (Å²) in [6, 6.07) is 24.4. The third-order valence-corrected chi connectivity index (χ3v) is 6.96. The molecule has 3 aromatic rings. The Morgan fingerprint density at radius 2 is 1.61 bits per heavy atom. The lowest BCUT2D eigenvalue weighted by atomic mass is 9.85. The molecule has 0 aromatic heterocycles. The van der Waals surface area contributed by atoms with Crippen molar-refractivity contribution in [3.8, 4) is 16.9 Å². The van der Waals surface area contributed by atoms with E-state index in [-0.39, 0.29) is 12.0 Å². The second-order valence-corrected chi connectivity index (χ2v) is 9.04. The Morgan fingerprint density at radius 3 is 2.24 bits per heavy atom. The number of piperidine rings is 1. The first-order valence-corrected chi connectivity index (χ1v) is 11.5. The smallest absolute Gasteiger partial charge is 0.409 e. The van der Waals surface area contributed by atoms with E-state index in [1.54, 1.807) is 12.0 Å². The highest BCUT2D eigenvalue weighted by molar-refractivity contribution is 5.79. The molecule has 5 nitrogen and oxygen atoms in total. The van der Waals surface area contributed by atoms with Gasteiger partial charge in [-0.1, -0.05) is 60.7 Å². The molecule has 1 amide bonds. The molecule has 0 saturated carbocycles. The summed E-state index contributed by atoms with van der Waals surface area (Å²) in [5, 5.41) is 11.1. The van der Waals surface area contributed by atoms with E-state index in [0.717, 1.165) is 11.3 Å². The number of fused-ring (bicyclic) bond motifs is 3. The number of benzene rings is 3. The summed E-state index contributed by atoms with van der Waals surface area (Å²) in [6.45, 7) is 1.28. The minimum atomic E-state index is -0.827. The summed E-state index contributed by atoms with van der Waals surface area (Å²) in [5.74, 6) is 0.836. The van der Waals surface area contributed by atoms with Crippen molar-refractivity contribution in [3.05, 3.63) is 89.5 Å². The average molecular weight is 444 g/mol. The number of amides is 1. The highest BCUT2D eigenvalue weighted by Gasteiger charge is 2.35. The Bertz CT molecular complexity index is 1100. The van der Waals surface area contributed by atoms with Crippen LogP contribution in [0.2, 0.25) is 0 Å². The highest BCUT2D eigenvalue weighted by atomic mass is 16.6.